The van der Waals surface area contributed by atoms with Gasteiger partial charge in [-0.05, 0) is 31.5 Å². The molecular weight excluding hydrogens is 380 g/mol. The lowest BCUT2D eigenvalue weighted by atomic mass is 10.1. The molecule has 0 aromatic heterocycles. The highest BCUT2D eigenvalue weighted by Crippen LogP contribution is 2.34. The van der Waals surface area contributed by atoms with Crippen molar-refractivity contribution >= 4 is 21.6 Å². The first-order valence-corrected chi connectivity index (χ1v) is 10.8. The van der Waals surface area contributed by atoms with Crippen LogP contribution in [-0.2, 0) is 14.8 Å². The molecule has 0 aliphatic carbocycles. The zero-order chi connectivity index (χ0) is 20.1. The Bertz CT molecular complexity index is 931. The molecule has 0 bridgehead atoms. The smallest absolute Gasteiger partial charge is 0.241 e. The average molecular weight is 404 g/mol. The van der Waals surface area contributed by atoms with Gasteiger partial charge in [0.15, 0.2) is 11.5 Å². The van der Waals surface area contributed by atoms with Gasteiger partial charge in [0.25, 0.3) is 0 Å². The topological polar surface area (TPSA) is 84.9 Å². The molecule has 0 radical (unpaired) electrons. The number of nitrogens with one attached hydrogen (secondary N) is 1. The Morgan fingerprint density at radius 3 is 2.46 bits per heavy atom. The van der Waals surface area contributed by atoms with Gasteiger partial charge in [-0.25, -0.2) is 8.42 Å². The van der Waals surface area contributed by atoms with Gasteiger partial charge in [0.05, 0.1) is 17.5 Å². The number of hydrogen-bond acceptors (Lipinski definition) is 5. The lowest BCUT2D eigenvalue weighted by Gasteiger charge is -2.26. The Morgan fingerprint density at radius 2 is 1.79 bits per heavy atom. The number of benzene rings is 2. The van der Waals surface area contributed by atoms with E-state index in [1.54, 1.807) is 25.1 Å². The number of rotatable bonds is 7. The Hall–Kier alpha value is -2.74. The second-order valence-corrected chi connectivity index (χ2v) is 8.62. The van der Waals surface area contributed by atoms with Crippen LogP contribution in [0.5, 0.6) is 11.5 Å². The molecule has 2 aromatic carbocycles. The van der Waals surface area contributed by atoms with Crippen molar-refractivity contribution in [2.45, 2.75) is 19.9 Å². The number of anilines is 1. The lowest BCUT2D eigenvalue weighted by Crippen LogP contribution is -2.42. The molecular formula is C20H24N2O5S. The molecule has 3 rings (SSSR count). The number of ether oxygens (including phenoxy) is 2. The SMILES string of the molecule is CCS(=O)(=O)N(CC(=O)N[C@@H](C)c1ccccc1)c1ccc2c(c1)OCCO2. The van der Waals surface area contributed by atoms with Crippen LogP contribution in [0.4, 0.5) is 5.69 Å². The molecule has 1 heterocycles. The summed E-state index contributed by atoms with van der Waals surface area (Å²) in [5.74, 6) is 0.524. The number of nitrogens with zero attached hydrogens (tertiary/aromatic N) is 1. The van der Waals surface area contributed by atoms with Crippen LogP contribution in [-0.4, -0.2) is 39.8 Å². The van der Waals surface area contributed by atoms with Crippen molar-refractivity contribution < 1.29 is 22.7 Å². The monoisotopic (exact) mass is 404 g/mol. The first kappa shape index (κ1) is 20.0. The maximum absolute atomic E-state index is 12.6. The lowest BCUT2D eigenvalue weighted by molar-refractivity contribution is -0.120. The van der Waals surface area contributed by atoms with E-state index in [2.05, 4.69) is 5.32 Å². The summed E-state index contributed by atoms with van der Waals surface area (Å²) < 4.78 is 37.4. The summed E-state index contributed by atoms with van der Waals surface area (Å²) in [7, 11) is -3.66. The molecule has 150 valence electrons. The number of sulfonamides is 1. The Morgan fingerprint density at radius 1 is 1.11 bits per heavy atom. The van der Waals surface area contributed by atoms with Crippen LogP contribution < -0.4 is 19.1 Å². The van der Waals surface area contributed by atoms with Crippen molar-refractivity contribution in [1.29, 1.82) is 0 Å². The van der Waals surface area contributed by atoms with Gasteiger partial charge in [0.2, 0.25) is 15.9 Å². The minimum absolute atomic E-state index is 0.122. The number of fused-ring (bicyclic) bond motifs is 1. The van der Waals surface area contributed by atoms with E-state index < -0.39 is 10.0 Å². The molecule has 1 amide bonds. The third-order valence-electron chi connectivity index (χ3n) is 4.48. The Labute approximate surface area is 165 Å². The summed E-state index contributed by atoms with van der Waals surface area (Å²) in [6, 6.07) is 14.1. The van der Waals surface area contributed by atoms with E-state index in [-0.39, 0.29) is 24.2 Å². The van der Waals surface area contributed by atoms with Gasteiger partial charge >= 0.3 is 0 Å². The first-order chi connectivity index (χ1) is 13.4. The van der Waals surface area contributed by atoms with Crippen LogP contribution in [0.2, 0.25) is 0 Å². The zero-order valence-electron chi connectivity index (χ0n) is 15.9. The maximum atomic E-state index is 12.6. The van der Waals surface area contributed by atoms with Gasteiger partial charge in [0, 0.05) is 6.07 Å². The van der Waals surface area contributed by atoms with E-state index in [9.17, 15) is 13.2 Å². The van der Waals surface area contributed by atoms with Crippen molar-refractivity contribution in [1.82, 2.24) is 5.32 Å². The standard InChI is InChI=1S/C20H24N2O5S/c1-3-28(24,25)22(17-9-10-18-19(13-17)27-12-11-26-18)14-20(23)21-15(2)16-7-5-4-6-8-16/h4-10,13,15H,3,11-12,14H2,1-2H3,(H,21,23)/t15-/m0/s1. The summed E-state index contributed by atoms with van der Waals surface area (Å²) in [5.41, 5.74) is 1.31. The summed E-state index contributed by atoms with van der Waals surface area (Å²) in [6.45, 7) is 3.93. The summed E-state index contributed by atoms with van der Waals surface area (Å²) in [6.07, 6.45) is 0. The van der Waals surface area contributed by atoms with Crippen LogP contribution in [0.3, 0.4) is 0 Å². The Kier molecular flexibility index (Phi) is 6.08. The van der Waals surface area contributed by atoms with Crippen molar-refractivity contribution in [3.8, 4) is 11.5 Å². The van der Waals surface area contributed by atoms with Gasteiger partial charge in [-0.2, -0.15) is 0 Å². The Balaban J connectivity index is 1.80. The van der Waals surface area contributed by atoms with Gasteiger partial charge in [-0.15, -0.1) is 0 Å². The first-order valence-electron chi connectivity index (χ1n) is 9.15. The molecule has 1 N–H and O–H groups in total. The molecule has 1 aliphatic heterocycles. The van der Waals surface area contributed by atoms with E-state index >= 15 is 0 Å². The number of carbonyl (C=O) groups excluding carboxylic acids is 1. The quantitative estimate of drug-likeness (QED) is 0.766. The maximum Gasteiger partial charge on any atom is 0.241 e. The number of hydrogen-bond donors (Lipinski definition) is 1. The predicted molar refractivity (Wildman–Crippen MR) is 107 cm³/mol. The highest BCUT2D eigenvalue weighted by Gasteiger charge is 2.26. The van der Waals surface area contributed by atoms with Gasteiger partial charge in [-0.3, -0.25) is 9.10 Å². The van der Waals surface area contributed by atoms with Crippen LogP contribution in [0, 0.1) is 0 Å². The largest absolute Gasteiger partial charge is 0.486 e. The van der Waals surface area contributed by atoms with Crippen LogP contribution in [0.1, 0.15) is 25.5 Å². The van der Waals surface area contributed by atoms with Crippen LogP contribution in [0.15, 0.2) is 48.5 Å². The third kappa shape index (κ3) is 4.56. The minimum Gasteiger partial charge on any atom is -0.486 e. The molecule has 0 fully saturated rings. The predicted octanol–water partition coefficient (Wildman–Crippen LogP) is 2.49. The normalized spacial score (nSPS) is 14.2. The molecule has 0 saturated heterocycles. The van der Waals surface area contributed by atoms with E-state index in [1.165, 1.54) is 0 Å². The van der Waals surface area contributed by atoms with Crippen LogP contribution in [0.25, 0.3) is 0 Å². The fraction of sp³-hybridized carbons (Fsp3) is 0.350. The summed E-state index contributed by atoms with van der Waals surface area (Å²) >= 11 is 0. The van der Waals surface area contributed by atoms with Gasteiger partial charge < -0.3 is 14.8 Å². The van der Waals surface area contributed by atoms with Crippen molar-refractivity contribution in [3.05, 3.63) is 54.1 Å². The van der Waals surface area contributed by atoms with E-state index in [0.717, 1.165) is 9.87 Å². The number of amides is 1. The highest BCUT2D eigenvalue weighted by atomic mass is 32.2. The molecule has 2 aromatic rings. The minimum atomic E-state index is -3.66. The van der Waals surface area contributed by atoms with Gasteiger partial charge in [-0.1, -0.05) is 30.3 Å². The van der Waals surface area contributed by atoms with E-state index in [4.69, 9.17) is 9.47 Å². The zero-order valence-corrected chi connectivity index (χ0v) is 16.7. The van der Waals surface area contributed by atoms with Crippen molar-refractivity contribution in [2.24, 2.45) is 0 Å². The van der Waals surface area contributed by atoms with Crippen molar-refractivity contribution in [2.75, 3.05) is 29.8 Å². The fourth-order valence-electron chi connectivity index (χ4n) is 2.94. The summed E-state index contributed by atoms with van der Waals surface area (Å²) in [5, 5.41) is 2.85. The molecule has 7 nitrogen and oxygen atoms in total. The van der Waals surface area contributed by atoms with E-state index in [1.807, 2.05) is 37.3 Å². The third-order valence-corrected chi connectivity index (χ3v) is 6.22. The summed E-state index contributed by atoms with van der Waals surface area (Å²) in [4.78, 5) is 12.6. The second kappa shape index (κ2) is 8.52. The van der Waals surface area contributed by atoms with E-state index in [0.29, 0.717) is 30.4 Å². The van der Waals surface area contributed by atoms with Crippen molar-refractivity contribution in [3.63, 3.8) is 0 Å². The molecule has 0 spiro atoms. The highest BCUT2D eigenvalue weighted by molar-refractivity contribution is 7.92. The van der Waals surface area contributed by atoms with Gasteiger partial charge in [0.1, 0.15) is 19.8 Å². The molecule has 0 unspecified atom stereocenters. The molecule has 28 heavy (non-hydrogen) atoms. The molecule has 0 saturated carbocycles. The second-order valence-electron chi connectivity index (χ2n) is 6.44. The number of carbonyl (C=O) groups is 1. The average Bonchev–Trinajstić information content (AvgIpc) is 2.72. The molecule has 1 atom stereocenters. The molecule has 8 heteroatoms. The van der Waals surface area contributed by atoms with Crippen LogP contribution >= 0.6 is 0 Å². The fourth-order valence-corrected chi connectivity index (χ4v) is 4.00. The molecule has 1 aliphatic rings.